The molecule has 0 aromatic rings. The van der Waals surface area contributed by atoms with Crippen LogP contribution >= 0.6 is 11.8 Å². The lowest BCUT2D eigenvalue weighted by Gasteiger charge is -2.17. The summed E-state index contributed by atoms with van der Waals surface area (Å²) in [7, 11) is 0. The molecule has 0 fully saturated rings. The topological polar surface area (TPSA) is 81.4 Å². The number of ether oxygens (including phenoxy) is 1. The third kappa shape index (κ3) is 6.86. The van der Waals surface area contributed by atoms with E-state index in [1.54, 1.807) is 13.8 Å². The van der Waals surface area contributed by atoms with Gasteiger partial charge in [0.05, 0.1) is 11.9 Å². The first kappa shape index (κ1) is 17.2. The predicted molar refractivity (Wildman–Crippen MR) is 74.4 cm³/mol. The van der Waals surface area contributed by atoms with Gasteiger partial charge in [0.25, 0.3) is 0 Å². The number of hydrogen-bond donors (Lipinski definition) is 2. The molecule has 0 saturated heterocycles. The lowest BCUT2D eigenvalue weighted by atomic mass is 10.2. The third-order valence-corrected chi connectivity index (χ3v) is 3.75. The largest absolute Gasteiger partial charge is 0.465 e. The Bertz CT molecular complexity index is 274. The van der Waals surface area contributed by atoms with Gasteiger partial charge in [0.2, 0.25) is 5.91 Å². The first-order valence-electron chi connectivity index (χ1n) is 6.26. The molecule has 3 atom stereocenters. The maximum Gasteiger partial charge on any atom is 0.323 e. The van der Waals surface area contributed by atoms with E-state index in [4.69, 9.17) is 10.5 Å². The van der Waals surface area contributed by atoms with Crippen LogP contribution < -0.4 is 11.1 Å². The number of esters is 1. The predicted octanol–water partition coefficient (Wildman–Crippen LogP) is 0.913. The zero-order valence-corrected chi connectivity index (χ0v) is 12.4. The fraction of sp³-hybridized carbons (Fsp3) is 0.833. The highest BCUT2D eigenvalue weighted by molar-refractivity contribution is 8.00. The molecule has 0 aliphatic carbocycles. The molecule has 0 radical (unpaired) electrons. The van der Waals surface area contributed by atoms with E-state index in [1.165, 1.54) is 11.8 Å². The van der Waals surface area contributed by atoms with Crippen LogP contribution in [0.15, 0.2) is 0 Å². The van der Waals surface area contributed by atoms with E-state index in [1.807, 2.05) is 13.8 Å². The van der Waals surface area contributed by atoms with E-state index in [-0.39, 0.29) is 17.2 Å². The normalized spacial score (nSPS) is 15.6. The molecule has 0 saturated carbocycles. The summed E-state index contributed by atoms with van der Waals surface area (Å²) >= 11 is 1.36. The summed E-state index contributed by atoms with van der Waals surface area (Å²) in [4.78, 5) is 23.0. The Hall–Kier alpha value is -0.750. The van der Waals surface area contributed by atoms with E-state index in [9.17, 15) is 9.59 Å². The average molecular weight is 276 g/mol. The van der Waals surface area contributed by atoms with Gasteiger partial charge >= 0.3 is 5.97 Å². The van der Waals surface area contributed by atoms with Crippen molar-refractivity contribution in [2.24, 2.45) is 5.73 Å². The monoisotopic (exact) mass is 276 g/mol. The second-order valence-electron chi connectivity index (χ2n) is 4.15. The van der Waals surface area contributed by atoms with Gasteiger partial charge in [0.15, 0.2) is 0 Å². The van der Waals surface area contributed by atoms with Crippen molar-refractivity contribution in [2.45, 2.75) is 51.4 Å². The molecule has 0 bridgehead atoms. The second kappa shape index (κ2) is 9.22. The van der Waals surface area contributed by atoms with Crippen LogP contribution in [0.5, 0.6) is 0 Å². The first-order chi connectivity index (χ1) is 8.42. The summed E-state index contributed by atoms with van der Waals surface area (Å²) < 4.78 is 4.80. The fourth-order valence-corrected chi connectivity index (χ4v) is 1.95. The Labute approximate surface area is 113 Å². The quantitative estimate of drug-likeness (QED) is 0.644. The van der Waals surface area contributed by atoms with E-state index in [0.29, 0.717) is 12.4 Å². The maximum absolute atomic E-state index is 11.7. The number of thioether (sulfide) groups is 1. The molecule has 1 amide bonds. The van der Waals surface area contributed by atoms with Crippen molar-refractivity contribution in [1.29, 1.82) is 0 Å². The zero-order valence-electron chi connectivity index (χ0n) is 11.6. The minimum absolute atomic E-state index is 0.0228. The highest BCUT2D eigenvalue weighted by Gasteiger charge is 2.20. The van der Waals surface area contributed by atoms with Gasteiger partial charge in [-0.15, -0.1) is 11.8 Å². The molecule has 0 aromatic carbocycles. The lowest BCUT2D eigenvalue weighted by molar-refractivity contribution is -0.144. The summed E-state index contributed by atoms with van der Waals surface area (Å²) in [5.74, 6) is -0.0570. The Kier molecular flexibility index (Phi) is 8.83. The standard InChI is InChI=1S/C12H24N2O3S/c1-5-8(3)14-11(15)9(4)18-7-10(13)12(16)17-6-2/h8-10H,5-7,13H2,1-4H3,(H,14,15). The summed E-state index contributed by atoms with van der Waals surface area (Å²) in [5, 5.41) is 2.67. The van der Waals surface area contributed by atoms with Gasteiger partial charge in [0.1, 0.15) is 6.04 Å². The highest BCUT2D eigenvalue weighted by Crippen LogP contribution is 2.12. The van der Waals surface area contributed by atoms with Crippen LogP contribution in [-0.4, -0.2) is 41.6 Å². The minimum atomic E-state index is -0.672. The molecule has 0 heterocycles. The van der Waals surface area contributed by atoms with E-state index >= 15 is 0 Å². The number of carbonyl (C=O) groups excluding carboxylic acids is 2. The van der Waals surface area contributed by atoms with Crippen molar-refractivity contribution in [3.63, 3.8) is 0 Å². The molecule has 5 nitrogen and oxygen atoms in total. The van der Waals surface area contributed by atoms with Gasteiger partial charge < -0.3 is 15.8 Å². The second-order valence-corrected chi connectivity index (χ2v) is 5.53. The molecule has 106 valence electrons. The maximum atomic E-state index is 11.7. The number of amides is 1. The summed E-state index contributed by atoms with van der Waals surface area (Å²) in [6.07, 6.45) is 0.894. The van der Waals surface area contributed by atoms with Crippen molar-refractivity contribution < 1.29 is 14.3 Å². The van der Waals surface area contributed by atoms with Crippen LogP contribution in [0, 0.1) is 0 Å². The van der Waals surface area contributed by atoms with E-state index in [0.717, 1.165) is 6.42 Å². The molecule has 0 aliphatic rings. The Balaban J connectivity index is 3.98. The molecule has 3 N–H and O–H groups in total. The van der Waals surface area contributed by atoms with Crippen molar-refractivity contribution in [1.82, 2.24) is 5.32 Å². The van der Waals surface area contributed by atoms with Crippen molar-refractivity contribution in [2.75, 3.05) is 12.4 Å². The van der Waals surface area contributed by atoms with E-state index < -0.39 is 12.0 Å². The van der Waals surface area contributed by atoms with Crippen LogP contribution in [0.1, 0.15) is 34.1 Å². The number of rotatable bonds is 8. The van der Waals surface area contributed by atoms with Gasteiger partial charge in [-0.05, 0) is 27.2 Å². The number of hydrogen-bond acceptors (Lipinski definition) is 5. The van der Waals surface area contributed by atoms with Crippen molar-refractivity contribution in [3.05, 3.63) is 0 Å². The van der Waals surface area contributed by atoms with Gasteiger partial charge in [-0.25, -0.2) is 0 Å². The molecular formula is C12H24N2O3S. The van der Waals surface area contributed by atoms with E-state index in [2.05, 4.69) is 5.32 Å². The van der Waals surface area contributed by atoms with Crippen LogP contribution in [0.4, 0.5) is 0 Å². The molecular weight excluding hydrogens is 252 g/mol. The molecule has 0 aliphatic heterocycles. The minimum Gasteiger partial charge on any atom is -0.465 e. The Morgan fingerprint density at radius 1 is 1.33 bits per heavy atom. The summed E-state index contributed by atoms with van der Waals surface area (Å²) in [6.45, 7) is 7.83. The van der Waals surface area contributed by atoms with Crippen LogP contribution in [-0.2, 0) is 14.3 Å². The zero-order chi connectivity index (χ0) is 14.1. The SMILES string of the molecule is CCOC(=O)C(N)CSC(C)C(=O)NC(C)CC. The highest BCUT2D eigenvalue weighted by atomic mass is 32.2. The number of nitrogens with one attached hydrogen (secondary N) is 1. The molecule has 3 unspecified atom stereocenters. The van der Waals surface area contributed by atoms with Gasteiger partial charge in [-0.3, -0.25) is 9.59 Å². The van der Waals surface area contributed by atoms with Crippen LogP contribution in [0.3, 0.4) is 0 Å². The third-order valence-electron chi connectivity index (χ3n) is 2.49. The van der Waals surface area contributed by atoms with Gasteiger partial charge in [0, 0.05) is 11.8 Å². The smallest absolute Gasteiger partial charge is 0.323 e. The first-order valence-corrected chi connectivity index (χ1v) is 7.31. The van der Waals surface area contributed by atoms with Crippen LogP contribution in [0.25, 0.3) is 0 Å². The lowest BCUT2D eigenvalue weighted by Crippen LogP contribution is -2.39. The fourth-order valence-electron chi connectivity index (χ4n) is 1.10. The van der Waals surface area contributed by atoms with Crippen LogP contribution in [0.2, 0.25) is 0 Å². The molecule has 0 rings (SSSR count). The molecule has 0 spiro atoms. The molecule has 6 heteroatoms. The van der Waals surface area contributed by atoms with Crippen molar-refractivity contribution in [3.8, 4) is 0 Å². The Morgan fingerprint density at radius 2 is 1.94 bits per heavy atom. The van der Waals surface area contributed by atoms with Gasteiger partial charge in [-0.2, -0.15) is 0 Å². The molecule has 0 aromatic heterocycles. The molecule has 18 heavy (non-hydrogen) atoms. The Morgan fingerprint density at radius 3 is 2.44 bits per heavy atom. The average Bonchev–Trinajstić information content (AvgIpc) is 2.35. The summed E-state index contributed by atoms with van der Waals surface area (Å²) in [5.41, 5.74) is 5.65. The van der Waals surface area contributed by atoms with Gasteiger partial charge in [-0.1, -0.05) is 6.92 Å². The number of nitrogens with two attached hydrogens (primary N) is 1. The van der Waals surface area contributed by atoms with Crippen molar-refractivity contribution >= 4 is 23.6 Å². The summed E-state index contributed by atoms with van der Waals surface area (Å²) in [6, 6.07) is -0.506. The number of carbonyl (C=O) groups is 2.